The molecule has 2 rings (SSSR count). The summed E-state index contributed by atoms with van der Waals surface area (Å²) in [6.45, 7) is 4.90. The summed E-state index contributed by atoms with van der Waals surface area (Å²) in [4.78, 5) is 2.62. The van der Waals surface area contributed by atoms with Crippen LogP contribution in [0.5, 0.6) is 0 Å². The number of nitrogens with zero attached hydrogens (tertiary/aromatic N) is 1. The molecule has 0 aromatic carbocycles. The van der Waals surface area contributed by atoms with E-state index in [9.17, 15) is 5.11 Å². The van der Waals surface area contributed by atoms with E-state index in [0.717, 1.165) is 12.6 Å². The predicted octanol–water partition coefficient (Wildman–Crippen LogP) is 2.02. The minimum absolute atomic E-state index is 0.192. The van der Waals surface area contributed by atoms with Gasteiger partial charge in [0.25, 0.3) is 0 Å². The van der Waals surface area contributed by atoms with E-state index in [1.54, 1.807) is 0 Å². The van der Waals surface area contributed by atoms with Crippen molar-refractivity contribution in [3.63, 3.8) is 0 Å². The summed E-state index contributed by atoms with van der Waals surface area (Å²) < 4.78 is 0. The SMILES string of the molecule is CC1(CO)CCN(C2CCCCC2)C1. The first-order valence-electron chi connectivity index (χ1n) is 6.08. The molecule has 0 aromatic rings. The van der Waals surface area contributed by atoms with E-state index in [4.69, 9.17) is 0 Å². The van der Waals surface area contributed by atoms with E-state index in [0.29, 0.717) is 6.61 Å². The molecule has 0 bridgehead atoms. The third-order valence-electron chi connectivity index (χ3n) is 4.06. The van der Waals surface area contributed by atoms with Gasteiger partial charge in [0.1, 0.15) is 0 Å². The summed E-state index contributed by atoms with van der Waals surface area (Å²) in [6, 6.07) is 0.831. The van der Waals surface area contributed by atoms with Gasteiger partial charge in [0, 0.05) is 24.6 Å². The average molecular weight is 197 g/mol. The van der Waals surface area contributed by atoms with Crippen LogP contribution >= 0.6 is 0 Å². The maximum absolute atomic E-state index is 9.31. The van der Waals surface area contributed by atoms with Gasteiger partial charge in [-0.15, -0.1) is 0 Å². The van der Waals surface area contributed by atoms with Gasteiger partial charge >= 0.3 is 0 Å². The van der Waals surface area contributed by atoms with Crippen LogP contribution in [0.1, 0.15) is 45.4 Å². The van der Waals surface area contributed by atoms with Gasteiger partial charge in [-0.1, -0.05) is 26.2 Å². The number of likely N-dealkylation sites (tertiary alicyclic amines) is 1. The van der Waals surface area contributed by atoms with Crippen molar-refractivity contribution in [1.82, 2.24) is 4.90 Å². The minimum atomic E-state index is 0.192. The van der Waals surface area contributed by atoms with E-state index in [-0.39, 0.29) is 5.41 Å². The van der Waals surface area contributed by atoms with Crippen LogP contribution in [0.4, 0.5) is 0 Å². The van der Waals surface area contributed by atoms with E-state index in [1.165, 1.54) is 45.1 Å². The Morgan fingerprint density at radius 3 is 2.57 bits per heavy atom. The maximum atomic E-state index is 9.31. The fourth-order valence-corrected chi connectivity index (χ4v) is 2.95. The average Bonchev–Trinajstić information content (AvgIpc) is 2.63. The fourth-order valence-electron chi connectivity index (χ4n) is 2.95. The standard InChI is InChI=1S/C12H23NO/c1-12(10-14)7-8-13(9-12)11-5-3-2-4-6-11/h11,14H,2-10H2,1H3. The molecule has 2 heteroatoms. The first-order valence-corrected chi connectivity index (χ1v) is 6.08. The normalized spacial score (nSPS) is 36.4. The molecule has 1 aliphatic carbocycles. The van der Waals surface area contributed by atoms with Gasteiger partial charge in [-0.2, -0.15) is 0 Å². The molecule has 1 saturated carbocycles. The van der Waals surface area contributed by atoms with E-state index in [2.05, 4.69) is 11.8 Å². The summed E-state index contributed by atoms with van der Waals surface area (Å²) in [7, 11) is 0. The molecule has 1 saturated heterocycles. The van der Waals surface area contributed by atoms with Crippen molar-refractivity contribution in [2.75, 3.05) is 19.7 Å². The van der Waals surface area contributed by atoms with Crippen molar-refractivity contribution >= 4 is 0 Å². The summed E-state index contributed by atoms with van der Waals surface area (Å²) >= 11 is 0. The summed E-state index contributed by atoms with van der Waals surface area (Å²) in [5, 5.41) is 9.31. The zero-order valence-corrected chi connectivity index (χ0v) is 9.34. The van der Waals surface area contributed by atoms with Gasteiger partial charge < -0.3 is 5.11 Å². The largest absolute Gasteiger partial charge is 0.396 e. The van der Waals surface area contributed by atoms with Crippen LogP contribution in [0.25, 0.3) is 0 Å². The number of hydrogen-bond acceptors (Lipinski definition) is 2. The molecule has 14 heavy (non-hydrogen) atoms. The lowest BCUT2D eigenvalue weighted by Gasteiger charge is -2.32. The highest BCUT2D eigenvalue weighted by atomic mass is 16.3. The molecule has 2 nitrogen and oxygen atoms in total. The quantitative estimate of drug-likeness (QED) is 0.732. The van der Waals surface area contributed by atoms with Crippen molar-refractivity contribution in [3.8, 4) is 0 Å². The molecule has 2 aliphatic rings. The Labute approximate surface area is 87.3 Å². The molecule has 1 atom stereocenters. The molecule has 1 N–H and O–H groups in total. The Morgan fingerprint density at radius 1 is 1.29 bits per heavy atom. The van der Waals surface area contributed by atoms with Crippen molar-refractivity contribution in [3.05, 3.63) is 0 Å². The van der Waals surface area contributed by atoms with Gasteiger partial charge in [0.2, 0.25) is 0 Å². The van der Waals surface area contributed by atoms with Crippen molar-refractivity contribution in [2.45, 2.75) is 51.5 Å². The number of aliphatic hydroxyl groups excluding tert-OH is 1. The number of rotatable bonds is 2. The highest BCUT2D eigenvalue weighted by Gasteiger charge is 2.36. The Kier molecular flexibility index (Phi) is 3.13. The molecular weight excluding hydrogens is 174 g/mol. The van der Waals surface area contributed by atoms with Crippen LogP contribution in [-0.2, 0) is 0 Å². The second-order valence-electron chi connectivity index (χ2n) is 5.48. The minimum Gasteiger partial charge on any atom is -0.396 e. The molecule has 1 unspecified atom stereocenters. The number of hydrogen-bond donors (Lipinski definition) is 1. The van der Waals surface area contributed by atoms with Crippen molar-refractivity contribution < 1.29 is 5.11 Å². The molecule has 82 valence electrons. The lowest BCUT2D eigenvalue weighted by molar-refractivity contribution is 0.123. The van der Waals surface area contributed by atoms with Crippen molar-refractivity contribution in [2.24, 2.45) is 5.41 Å². The zero-order chi connectivity index (χ0) is 10.0. The molecule has 1 heterocycles. The first kappa shape index (κ1) is 10.4. The first-order chi connectivity index (χ1) is 6.73. The van der Waals surface area contributed by atoms with Crippen molar-refractivity contribution in [1.29, 1.82) is 0 Å². The second kappa shape index (κ2) is 4.19. The lowest BCUT2D eigenvalue weighted by atomic mass is 9.90. The Bertz CT molecular complexity index is 189. The van der Waals surface area contributed by atoms with Gasteiger partial charge in [0.05, 0.1) is 0 Å². The van der Waals surface area contributed by atoms with Gasteiger partial charge in [0.15, 0.2) is 0 Å². The molecule has 0 aromatic heterocycles. The topological polar surface area (TPSA) is 23.5 Å². The number of aliphatic hydroxyl groups is 1. The van der Waals surface area contributed by atoms with Gasteiger partial charge in [-0.05, 0) is 25.8 Å². The predicted molar refractivity (Wildman–Crippen MR) is 58.3 cm³/mol. The third-order valence-corrected chi connectivity index (χ3v) is 4.06. The Hall–Kier alpha value is -0.0800. The fraction of sp³-hybridized carbons (Fsp3) is 1.00. The lowest BCUT2D eigenvalue weighted by Crippen LogP contribution is -2.37. The van der Waals surface area contributed by atoms with E-state index >= 15 is 0 Å². The highest BCUT2D eigenvalue weighted by molar-refractivity contribution is 4.89. The maximum Gasteiger partial charge on any atom is 0.0497 e. The van der Waals surface area contributed by atoms with Gasteiger partial charge in [-0.25, -0.2) is 0 Å². The third kappa shape index (κ3) is 2.12. The van der Waals surface area contributed by atoms with E-state index in [1.807, 2.05) is 0 Å². The summed E-state index contributed by atoms with van der Waals surface area (Å²) in [5.41, 5.74) is 0.192. The summed E-state index contributed by atoms with van der Waals surface area (Å²) in [6.07, 6.45) is 8.22. The second-order valence-corrected chi connectivity index (χ2v) is 5.48. The molecule has 1 aliphatic heterocycles. The molecule has 0 spiro atoms. The monoisotopic (exact) mass is 197 g/mol. The van der Waals surface area contributed by atoms with Crippen LogP contribution in [0.3, 0.4) is 0 Å². The molecule has 0 amide bonds. The molecule has 0 radical (unpaired) electrons. The highest BCUT2D eigenvalue weighted by Crippen LogP contribution is 2.33. The van der Waals surface area contributed by atoms with Crippen LogP contribution in [0, 0.1) is 5.41 Å². The summed E-state index contributed by atoms with van der Waals surface area (Å²) in [5.74, 6) is 0. The zero-order valence-electron chi connectivity index (χ0n) is 9.34. The van der Waals surface area contributed by atoms with Crippen LogP contribution < -0.4 is 0 Å². The van der Waals surface area contributed by atoms with E-state index < -0.39 is 0 Å². The van der Waals surface area contributed by atoms with Crippen LogP contribution in [-0.4, -0.2) is 35.7 Å². The van der Waals surface area contributed by atoms with Crippen LogP contribution in [0.2, 0.25) is 0 Å². The van der Waals surface area contributed by atoms with Crippen LogP contribution in [0.15, 0.2) is 0 Å². The Balaban J connectivity index is 1.88. The smallest absolute Gasteiger partial charge is 0.0497 e. The molecular formula is C12H23NO. The molecule has 2 fully saturated rings. The Morgan fingerprint density at radius 2 is 2.00 bits per heavy atom. The van der Waals surface area contributed by atoms with Gasteiger partial charge in [-0.3, -0.25) is 4.90 Å².